The summed E-state index contributed by atoms with van der Waals surface area (Å²) in [5, 5.41) is 7.55. The maximum absolute atomic E-state index is 5.38. The van der Waals surface area contributed by atoms with Gasteiger partial charge in [-0.1, -0.05) is 0 Å². The molecule has 2 aromatic heterocycles. The van der Waals surface area contributed by atoms with Crippen LogP contribution in [0.4, 0.5) is 5.82 Å². The Morgan fingerprint density at radius 1 is 1.17 bits per heavy atom. The van der Waals surface area contributed by atoms with E-state index in [1.54, 1.807) is 24.5 Å². The lowest BCUT2D eigenvalue weighted by Gasteiger charge is -1.93. The lowest BCUT2D eigenvalue weighted by Crippen LogP contribution is -1.92. The quantitative estimate of drug-likeness (QED) is 0.685. The lowest BCUT2D eigenvalue weighted by molar-refractivity contribution is 0.579. The zero-order chi connectivity index (χ0) is 8.39. The topological polar surface area (TPSA) is 64.9 Å². The number of aromatic nitrogens is 2. The van der Waals surface area contributed by atoms with Crippen molar-refractivity contribution in [3.05, 3.63) is 30.5 Å². The van der Waals surface area contributed by atoms with Crippen molar-refractivity contribution in [2.75, 3.05) is 5.73 Å². The molecular formula is C8H7N3O. The maximum atomic E-state index is 5.38. The van der Waals surface area contributed by atoms with Crippen LogP contribution in [0.5, 0.6) is 0 Å². The minimum absolute atomic E-state index is 0.408. The van der Waals surface area contributed by atoms with E-state index >= 15 is 0 Å². The van der Waals surface area contributed by atoms with Crippen LogP contribution in [0.2, 0.25) is 0 Å². The molecule has 2 rings (SSSR count). The Bertz CT molecular complexity index is 352. The van der Waals surface area contributed by atoms with Gasteiger partial charge in [-0.2, -0.15) is 0 Å². The van der Waals surface area contributed by atoms with Crippen LogP contribution in [0.15, 0.2) is 34.9 Å². The summed E-state index contributed by atoms with van der Waals surface area (Å²) in [4.78, 5) is 0. The molecule has 60 valence electrons. The van der Waals surface area contributed by atoms with Gasteiger partial charge in [-0.3, -0.25) is 0 Å². The van der Waals surface area contributed by atoms with Gasteiger partial charge in [-0.25, -0.2) is 0 Å². The Hall–Kier alpha value is -1.84. The first-order valence-corrected chi connectivity index (χ1v) is 3.49. The molecule has 0 aliphatic carbocycles. The molecule has 0 atom stereocenters. The number of furan rings is 1. The molecule has 0 amide bonds. The molecule has 0 aliphatic rings. The summed E-state index contributed by atoms with van der Waals surface area (Å²) in [6, 6.07) is 7.07. The Morgan fingerprint density at radius 2 is 2.08 bits per heavy atom. The Morgan fingerprint density at radius 3 is 2.67 bits per heavy atom. The molecule has 4 nitrogen and oxygen atoms in total. The van der Waals surface area contributed by atoms with Crippen LogP contribution in [0.25, 0.3) is 11.5 Å². The van der Waals surface area contributed by atoms with E-state index in [0.717, 1.165) is 0 Å². The second-order valence-corrected chi connectivity index (χ2v) is 2.32. The predicted octanol–water partition coefficient (Wildman–Crippen LogP) is 1.32. The highest BCUT2D eigenvalue weighted by Crippen LogP contribution is 2.15. The van der Waals surface area contributed by atoms with Crippen LogP contribution >= 0.6 is 0 Å². The van der Waals surface area contributed by atoms with Crippen LogP contribution in [0.3, 0.4) is 0 Å². The van der Waals surface area contributed by atoms with Crippen LogP contribution in [-0.2, 0) is 0 Å². The Kier molecular flexibility index (Phi) is 1.51. The molecule has 2 N–H and O–H groups in total. The molecule has 0 saturated heterocycles. The van der Waals surface area contributed by atoms with Crippen molar-refractivity contribution in [1.82, 2.24) is 10.2 Å². The van der Waals surface area contributed by atoms with E-state index in [4.69, 9.17) is 10.2 Å². The third-order valence-corrected chi connectivity index (χ3v) is 1.46. The molecule has 0 unspecified atom stereocenters. The molecular weight excluding hydrogens is 154 g/mol. The van der Waals surface area contributed by atoms with Crippen LogP contribution in [0, 0.1) is 0 Å². The summed E-state index contributed by atoms with van der Waals surface area (Å²) in [6.45, 7) is 0. The van der Waals surface area contributed by atoms with E-state index in [2.05, 4.69) is 10.2 Å². The molecule has 0 radical (unpaired) electrons. The van der Waals surface area contributed by atoms with E-state index in [-0.39, 0.29) is 0 Å². The second kappa shape index (κ2) is 2.65. The first-order valence-electron chi connectivity index (χ1n) is 3.49. The van der Waals surface area contributed by atoms with Crippen molar-refractivity contribution in [2.24, 2.45) is 0 Å². The zero-order valence-electron chi connectivity index (χ0n) is 6.27. The van der Waals surface area contributed by atoms with E-state index in [1.165, 1.54) is 0 Å². The van der Waals surface area contributed by atoms with E-state index in [9.17, 15) is 0 Å². The number of nitrogens with two attached hydrogens (primary N) is 1. The second-order valence-electron chi connectivity index (χ2n) is 2.32. The van der Waals surface area contributed by atoms with Crippen molar-refractivity contribution in [1.29, 1.82) is 0 Å². The SMILES string of the molecule is Nc1ccc(-c2ccco2)nn1. The predicted molar refractivity (Wildman–Crippen MR) is 44.1 cm³/mol. The standard InChI is InChI=1S/C8H7N3O/c9-8-4-3-6(10-11-8)7-2-1-5-12-7/h1-5H,(H2,9,11). The number of anilines is 1. The number of nitrogens with zero attached hydrogens (tertiary/aromatic N) is 2. The Balaban J connectivity index is 2.43. The highest BCUT2D eigenvalue weighted by Gasteiger charge is 2.00. The molecule has 4 heteroatoms. The number of hydrogen-bond acceptors (Lipinski definition) is 4. The van der Waals surface area contributed by atoms with Gasteiger partial charge in [0.2, 0.25) is 0 Å². The first-order chi connectivity index (χ1) is 5.86. The van der Waals surface area contributed by atoms with E-state index < -0.39 is 0 Å². The lowest BCUT2D eigenvalue weighted by atomic mass is 10.3. The van der Waals surface area contributed by atoms with Crippen molar-refractivity contribution in [3.8, 4) is 11.5 Å². The van der Waals surface area contributed by atoms with E-state index in [0.29, 0.717) is 17.3 Å². The van der Waals surface area contributed by atoms with Gasteiger partial charge in [-0.05, 0) is 24.3 Å². The fraction of sp³-hybridized carbons (Fsp3) is 0. The third kappa shape index (κ3) is 1.14. The van der Waals surface area contributed by atoms with Gasteiger partial charge in [0, 0.05) is 0 Å². The van der Waals surface area contributed by atoms with E-state index in [1.807, 2.05) is 6.07 Å². The van der Waals surface area contributed by atoms with Crippen LogP contribution in [-0.4, -0.2) is 10.2 Å². The summed E-state index contributed by atoms with van der Waals surface area (Å²) in [7, 11) is 0. The molecule has 2 heterocycles. The molecule has 0 aliphatic heterocycles. The van der Waals surface area contributed by atoms with Crippen molar-refractivity contribution >= 4 is 5.82 Å². The van der Waals surface area contributed by atoms with Crippen molar-refractivity contribution in [2.45, 2.75) is 0 Å². The maximum Gasteiger partial charge on any atom is 0.154 e. The molecule has 0 saturated carbocycles. The monoisotopic (exact) mass is 161 g/mol. The normalized spacial score (nSPS) is 10.0. The van der Waals surface area contributed by atoms with Crippen molar-refractivity contribution in [3.63, 3.8) is 0 Å². The molecule has 0 bridgehead atoms. The molecule has 0 aromatic carbocycles. The highest BCUT2D eigenvalue weighted by molar-refractivity contribution is 5.51. The van der Waals surface area contributed by atoms with Crippen LogP contribution < -0.4 is 5.73 Å². The molecule has 0 fully saturated rings. The number of rotatable bonds is 1. The zero-order valence-corrected chi connectivity index (χ0v) is 6.27. The van der Waals surface area contributed by atoms with Gasteiger partial charge >= 0.3 is 0 Å². The minimum atomic E-state index is 0.408. The number of nitrogen functional groups attached to an aromatic ring is 1. The average molecular weight is 161 g/mol. The molecule has 2 aromatic rings. The number of hydrogen-bond donors (Lipinski definition) is 1. The van der Waals surface area contributed by atoms with Gasteiger partial charge in [0.25, 0.3) is 0 Å². The summed E-state index contributed by atoms with van der Waals surface area (Å²) in [6.07, 6.45) is 1.59. The minimum Gasteiger partial charge on any atom is -0.463 e. The average Bonchev–Trinajstić information content (AvgIpc) is 2.58. The van der Waals surface area contributed by atoms with Crippen LogP contribution in [0.1, 0.15) is 0 Å². The largest absolute Gasteiger partial charge is 0.463 e. The van der Waals surface area contributed by atoms with Gasteiger partial charge in [0.05, 0.1) is 6.26 Å². The van der Waals surface area contributed by atoms with Gasteiger partial charge < -0.3 is 10.2 Å². The molecule has 12 heavy (non-hydrogen) atoms. The smallest absolute Gasteiger partial charge is 0.154 e. The summed E-state index contributed by atoms with van der Waals surface area (Å²) >= 11 is 0. The van der Waals surface area contributed by atoms with Crippen molar-refractivity contribution < 1.29 is 4.42 Å². The Labute approximate surface area is 69.0 Å². The first kappa shape index (κ1) is 6.84. The fourth-order valence-electron chi connectivity index (χ4n) is 0.898. The fourth-order valence-corrected chi connectivity index (χ4v) is 0.898. The van der Waals surface area contributed by atoms with Gasteiger partial charge in [0.1, 0.15) is 11.5 Å². The van der Waals surface area contributed by atoms with Gasteiger partial charge in [-0.15, -0.1) is 10.2 Å². The third-order valence-electron chi connectivity index (χ3n) is 1.46. The summed E-state index contributed by atoms with van der Waals surface area (Å²) in [5.74, 6) is 1.10. The summed E-state index contributed by atoms with van der Waals surface area (Å²) < 4.78 is 5.12. The molecule has 0 spiro atoms. The highest BCUT2D eigenvalue weighted by atomic mass is 16.3. The summed E-state index contributed by atoms with van der Waals surface area (Å²) in [5.41, 5.74) is 6.06. The van der Waals surface area contributed by atoms with Gasteiger partial charge in [0.15, 0.2) is 5.76 Å².